The molecule has 4 rings (SSSR count). The molecule has 42 heavy (non-hydrogen) atoms. The summed E-state index contributed by atoms with van der Waals surface area (Å²) < 4.78 is 20.5. The zero-order valence-electron chi connectivity index (χ0n) is 23.4. The van der Waals surface area contributed by atoms with Crippen molar-refractivity contribution in [3.8, 4) is 0 Å². The van der Waals surface area contributed by atoms with E-state index in [1.165, 1.54) is 11.0 Å². The summed E-state index contributed by atoms with van der Waals surface area (Å²) in [4.78, 5) is 53.7. The maximum Gasteiger partial charge on any atom is 0.414 e. The number of amides is 2. The monoisotopic (exact) mass is 598 g/mol. The third kappa shape index (κ3) is 8.01. The van der Waals surface area contributed by atoms with Gasteiger partial charge in [0.25, 0.3) is 0 Å². The molecule has 1 atom stereocenters. The molecular weight excluding hydrogens is 563 g/mol. The third-order valence-electron chi connectivity index (χ3n) is 7.13. The topological polar surface area (TPSA) is 123 Å². The van der Waals surface area contributed by atoms with Gasteiger partial charge in [0.15, 0.2) is 5.78 Å². The Balaban J connectivity index is 1.23. The summed E-state index contributed by atoms with van der Waals surface area (Å²) in [6, 6.07) is 11.4. The summed E-state index contributed by atoms with van der Waals surface area (Å²) in [6.07, 6.45) is 0.700. The number of rotatable bonds is 13. The van der Waals surface area contributed by atoms with Crippen molar-refractivity contribution in [2.45, 2.75) is 32.3 Å². The van der Waals surface area contributed by atoms with E-state index in [1.54, 1.807) is 41.3 Å². The van der Waals surface area contributed by atoms with Crippen LogP contribution >= 0.6 is 12.2 Å². The molecule has 13 heteroatoms. The molecular formula is C29H35FN6O5S. The molecule has 0 saturated carbocycles. The smallest absolute Gasteiger partial charge is 0.414 e. The molecule has 2 aliphatic heterocycles. The minimum Gasteiger partial charge on any atom is -0.442 e. The zero-order chi connectivity index (χ0) is 30.1. The highest BCUT2D eigenvalue weighted by Crippen LogP contribution is 2.28. The number of ether oxygens (including phenoxy) is 1. The molecule has 2 aliphatic rings. The molecule has 2 amide bonds. The van der Waals surface area contributed by atoms with Gasteiger partial charge in [-0.05, 0) is 48.9 Å². The Kier molecular flexibility index (Phi) is 10.8. The minimum absolute atomic E-state index is 0.0897. The molecule has 0 aromatic heterocycles. The van der Waals surface area contributed by atoms with E-state index >= 15 is 4.39 Å². The number of piperazine rings is 1. The highest BCUT2D eigenvalue weighted by molar-refractivity contribution is 7.80. The average Bonchev–Trinajstić information content (AvgIpc) is 3.39. The lowest BCUT2D eigenvalue weighted by atomic mass is 10.1. The number of nitrogens with zero attached hydrogens (tertiary/aromatic N) is 3. The highest BCUT2D eigenvalue weighted by atomic mass is 32.1. The second-order valence-electron chi connectivity index (χ2n) is 9.95. The van der Waals surface area contributed by atoms with Gasteiger partial charge >= 0.3 is 6.09 Å². The van der Waals surface area contributed by atoms with Crippen molar-refractivity contribution in [2.24, 2.45) is 0 Å². The Morgan fingerprint density at radius 3 is 2.50 bits per heavy atom. The van der Waals surface area contributed by atoms with Crippen LogP contribution in [-0.2, 0) is 14.3 Å². The predicted octanol–water partition coefficient (Wildman–Crippen LogP) is 2.91. The van der Waals surface area contributed by atoms with Gasteiger partial charge in [-0.2, -0.15) is 0 Å². The van der Waals surface area contributed by atoms with E-state index in [1.807, 2.05) is 11.8 Å². The maximum atomic E-state index is 15.2. The molecule has 2 aromatic rings. The molecule has 0 spiro atoms. The molecule has 0 bridgehead atoms. The minimum atomic E-state index is -0.528. The number of carbonyl (C=O) groups excluding carboxylic acids is 4. The SMILES string of the molecule is CCC(=S)NC[C@H]1CN(c2ccc(N3CCN(C(=O)CCC(=O)c4ccc(NNCC=O)cc4)CC3)c(F)c2)C(=O)O1. The summed E-state index contributed by atoms with van der Waals surface area (Å²) in [7, 11) is 0. The van der Waals surface area contributed by atoms with Crippen molar-refractivity contribution >= 4 is 58.3 Å². The van der Waals surface area contributed by atoms with Crippen LogP contribution in [0, 0.1) is 5.82 Å². The van der Waals surface area contributed by atoms with Gasteiger partial charge in [0.1, 0.15) is 18.2 Å². The van der Waals surface area contributed by atoms with Crippen LogP contribution in [0.25, 0.3) is 0 Å². The van der Waals surface area contributed by atoms with Crippen LogP contribution < -0.4 is 26.0 Å². The number of hydrogen-bond donors (Lipinski definition) is 3. The lowest BCUT2D eigenvalue weighted by molar-refractivity contribution is -0.131. The Morgan fingerprint density at radius 2 is 1.83 bits per heavy atom. The maximum absolute atomic E-state index is 15.2. The molecule has 224 valence electrons. The second-order valence-corrected chi connectivity index (χ2v) is 10.4. The van der Waals surface area contributed by atoms with Crippen LogP contribution in [-0.4, -0.2) is 85.9 Å². The number of nitrogens with one attached hydrogen (secondary N) is 3. The number of carbonyl (C=O) groups is 4. The van der Waals surface area contributed by atoms with Crippen molar-refractivity contribution in [3.05, 3.63) is 53.8 Å². The Morgan fingerprint density at radius 1 is 1.10 bits per heavy atom. The molecule has 2 saturated heterocycles. The van der Waals surface area contributed by atoms with Crippen LogP contribution in [0.3, 0.4) is 0 Å². The Hall–Kier alpha value is -4.10. The van der Waals surface area contributed by atoms with E-state index in [2.05, 4.69) is 16.2 Å². The molecule has 3 N–H and O–H groups in total. The summed E-state index contributed by atoms with van der Waals surface area (Å²) >= 11 is 5.15. The van der Waals surface area contributed by atoms with Crippen LogP contribution in [0.15, 0.2) is 42.5 Å². The zero-order valence-corrected chi connectivity index (χ0v) is 24.3. The summed E-state index contributed by atoms with van der Waals surface area (Å²) in [5, 5.41) is 3.06. The van der Waals surface area contributed by atoms with Gasteiger partial charge in [0.05, 0.1) is 36.0 Å². The van der Waals surface area contributed by atoms with Crippen molar-refractivity contribution in [1.29, 1.82) is 0 Å². The highest BCUT2D eigenvalue weighted by Gasteiger charge is 2.33. The number of Topliss-reactive ketones (excluding diaryl/α,β-unsaturated/α-hetero) is 1. The van der Waals surface area contributed by atoms with Crippen LogP contribution in [0.5, 0.6) is 0 Å². The molecule has 2 aromatic carbocycles. The Labute approximate surface area is 249 Å². The van der Waals surface area contributed by atoms with Gasteiger partial charge in [-0.25, -0.2) is 14.6 Å². The van der Waals surface area contributed by atoms with Crippen molar-refractivity contribution < 1.29 is 28.3 Å². The van der Waals surface area contributed by atoms with E-state index in [-0.39, 0.29) is 37.2 Å². The van der Waals surface area contributed by atoms with E-state index in [9.17, 15) is 19.2 Å². The number of anilines is 3. The predicted molar refractivity (Wildman–Crippen MR) is 161 cm³/mol. The first-order valence-electron chi connectivity index (χ1n) is 13.9. The van der Waals surface area contributed by atoms with Crippen molar-refractivity contribution in [3.63, 3.8) is 0 Å². The number of hydrazine groups is 1. The van der Waals surface area contributed by atoms with E-state index in [4.69, 9.17) is 17.0 Å². The summed E-state index contributed by atoms with van der Waals surface area (Å²) in [6.45, 7) is 4.50. The summed E-state index contributed by atoms with van der Waals surface area (Å²) in [5.41, 5.74) is 7.59. The molecule has 11 nitrogen and oxygen atoms in total. The van der Waals surface area contributed by atoms with Crippen LogP contribution in [0.2, 0.25) is 0 Å². The second kappa shape index (κ2) is 14.7. The fraction of sp³-hybridized carbons (Fsp3) is 0.414. The molecule has 0 radical (unpaired) electrons. The third-order valence-corrected chi connectivity index (χ3v) is 7.56. The van der Waals surface area contributed by atoms with Gasteiger partial charge in [-0.3, -0.25) is 14.5 Å². The first kappa shape index (κ1) is 30.8. The van der Waals surface area contributed by atoms with Gasteiger partial charge in [-0.15, -0.1) is 0 Å². The lowest BCUT2D eigenvalue weighted by Gasteiger charge is -2.36. The Bertz CT molecular complexity index is 1300. The first-order chi connectivity index (χ1) is 20.3. The normalized spacial score (nSPS) is 16.7. The number of hydrogen-bond acceptors (Lipinski definition) is 9. The van der Waals surface area contributed by atoms with Gasteiger partial charge in [0, 0.05) is 50.3 Å². The molecule has 0 unspecified atom stereocenters. The number of aldehydes is 1. The fourth-order valence-corrected chi connectivity index (χ4v) is 4.85. The van der Waals surface area contributed by atoms with Gasteiger partial charge in [-0.1, -0.05) is 19.1 Å². The first-order valence-corrected chi connectivity index (χ1v) is 14.3. The van der Waals surface area contributed by atoms with E-state index < -0.39 is 11.9 Å². The quantitative estimate of drug-likeness (QED) is 0.104. The fourth-order valence-electron chi connectivity index (χ4n) is 4.77. The standard InChI is InChI=1S/C29H35FN6O5S/c1-2-27(42)31-18-23-19-36(29(40)41-23)22-7-8-25(24(30)17-22)34-12-14-35(15-13-34)28(39)10-9-26(38)20-3-5-21(6-4-20)33-32-11-16-37/h3-8,16-17,23,32-33H,2,9-15,18-19H2,1H3,(H,31,42)/t23-/m0/s1. The molecule has 2 fully saturated rings. The van der Waals surface area contributed by atoms with Gasteiger partial charge in [0.2, 0.25) is 5.91 Å². The largest absolute Gasteiger partial charge is 0.442 e. The van der Waals surface area contributed by atoms with Crippen molar-refractivity contribution in [1.82, 2.24) is 15.6 Å². The average molecular weight is 599 g/mol. The molecule has 2 heterocycles. The number of thiocarbonyl (C=S) groups is 1. The summed E-state index contributed by atoms with van der Waals surface area (Å²) in [5.74, 6) is -0.711. The molecule has 0 aliphatic carbocycles. The van der Waals surface area contributed by atoms with Crippen LogP contribution in [0.4, 0.5) is 26.2 Å². The number of cyclic esters (lactones) is 1. The number of halogens is 1. The van der Waals surface area contributed by atoms with E-state index in [0.717, 1.165) is 6.29 Å². The number of ketones is 1. The van der Waals surface area contributed by atoms with E-state index in [0.29, 0.717) is 73.3 Å². The number of benzene rings is 2. The van der Waals surface area contributed by atoms with Crippen molar-refractivity contribution in [2.75, 3.05) is 61.0 Å². The van der Waals surface area contributed by atoms with Gasteiger partial charge < -0.3 is 30.1 Å². The lowest BCUT2D eigenvalue weighted by Crippen LogP contribution is -2.49. The van der Waals surface area contributed by atoms with Crippen LogP contribution in [0.1, 0.15) is 36.5 Å².